The van der Waals surface area contributed by atoms with Gasteiger partial charge in [0.2, 0.25) is 5.88 Å². The number of aliphatic imine (C=N–C) groups is 1. The van der Waals surface area contributed by atoms with Crippen molar-refractivity contribution in [2.24, 2.45) is 4.99 Å². The third kappa shape index (κ3) is 6.41. The predicted molar refractivity (Wildman–Crippen MR) is 101 cm³/mol. The molecule has 0 saturated heterocycles. The first kappa shape index (κ1) is 21.0. The number of benzene rings is 1. The Balaban J connectivity index is 2.03. The minimum absolute atomic E-state index is 0.00595. The van der Waals surface area contributed by atoms with Crippen molar-refractivity contribution >= 4 is 29.2 Å². The van der Waals surface area contributed by atoms with Gasteiger partial charge in [-0.3, -0.25) is 4.99 Å². The average Bonchev–Trinajstić information content (AvgIpc) is 2.64. The number of pyridine rings is 1. The average molecular weight is 419 g/mol. The summed E-state index contributed by atoms with van der Waals surface area (Å²) < 4.78 is 34.8. The zero-order valence-electron chi connectivity index (χ0n) is 14.6. The molecule has 2 N–H and O–H groups in total. The summed E-state index contributed by atoms with van der Waals surface area (Å²) in [6.07, 6.45) is 1.63. The number of guanidine groups is 1. The molecule has 27 heavy (non-hydrogen) atoms. The van der Waals surface area contributed by atoms with Crippen molar-refractivity contribution in [2.75, 3.05) is 14.2 Å². The molecule has 0 unspecified atom stereocenters. The summed E-state index contributed by atoms with van der Waals surface area (Å²) in [5.41, 5.74) is 1.30. The summed E-state index contributed by atoms with van der Waals surface area (Å²) >= 11 is 11.9. The van der Waals surface area contributed by atoms with Gasteiger partial charge in [-0.1, -0.05) is 23.2 Å². The summed E-state index contributed by atoms with van der Waals surface area (Å²) in [5, 5.41) is 6.42. The molecule has 0 atom stereocenters. The maximum absolute atomic E-state index is 12.6. The van der Waals surface area contributed by atoms with E-state index in [1.165, 1.54) is 19.2 Å². The summed E-state index contributed by atoms with van der Waals surface area (Å²) in [5.74, 6) is 0.822. The molecule has 0 aliphatic carbocycles. The number of alkyl halides is 2. The van der Waals surface area contributed by atoms with Gasteiger partial charge in [0.05, 0.1) is 12.1 Å². The van der Waals surface area contributed by atoms with Gasteiger partial charge in [0, 0.05) is 43.0 Å². The lowest BCUT2D eigenvalue weighted by atomic mass is 10.2. The Kier molecular flexibility index (Phi) is 7.87. The van der Waals surface area contributed by atoms with E-state index >= 15 is 0 Å². The van der Waals surface area contributed by atoms with Gasteiger partial charge < -0.3 is 20.1 Å². The van der Waals surface area contributed by atoms with Crippen LogP contribution in [0.15, 0.2) is 35.5 Å². The van der Waals surface area contributed by atoms with Gasteiger partial charge >= 0.3 is 6.61 Å². The number of ether oxygens (including phenoxy) is 2. The lowest BCUT2D eigenvalue weighted by Crippen LogP contribution is -2.36. The van der Waals surface area contributed by atoms with Crippen molar-refractivity contribution in [3.8, 4) is 11.6 Å². The van der Waals surface area contributed by atoms with Crippen molar-refractivity contribution in [1.29, 1.82) is 0 Å². The number of nitrogens with one attached hydrogen (secondary N) is 2. The van der Waals surface area contributed by atoms with Crippen molar-refractivity contribution in [3.05, 3.63) is 51.6 Å². The van der Waals surface area contributed by atoms with E-state index in [9.17, 15) is 8.78 Å². The van der Waals surface area contributed by atoms with Crippen LogP contribution in [0.4, 0.5) is 8.78 Å². The van der Waals surface area contributed by atoms with Gasteiger partial charge in [-0.05, 0) is 23.8 Å². The number of nitrogens with zero attached hydrogens (tertiary/aromatic N) is 2. The van der Waals surface area contributed by atoms with E-state index in [0.717, 1.165) is 5.56 Å². The van der Waals surface area contributed by atoms with Gasteiger partial charge in [-0.2, -0.15) is 8.78 Å². The van der Waals surface area contributed by atoms with E-state index in [0.29, 0.717) is 29.0 Å². The smallest absolute Gasteiger partial charge is 0.387 e. The predicted octanol–water partition coefficient (Wildman–Crippen LogP) is 3.86. The van der Waals surface area contributed by atoms with Gasteiger partial charge in [0.1, 0.15) is 5.75 Å². The largest absolute Gasteiger partial charge is 0.481 e. The first-order valence-corrected chi connectivity index (χ1v) is 8.54. The van der Waals surface area contributed by atoms with Crippen LogP contribution in [0.3, 0.4) is 0 Å². The lowest BCUT2D eigenvalue weighted by Gasteiger charge is -2.16. The number of rotatable bonds is 7. The molecule has 0 aliphatic heterocycles. The standard InChI is InChI=1S/C17H18Cl2F2N4O2/c1-22-17(24-8-10-3-4-23-14(5-10)26-2)25-9-11-6-12(18)7-13(19)15(11)27-16(20)21/h3-7,16H,8-9H2,1-2H3,(H2,22,24,25). The van der Waals surface area contributed by atoms with Crippen molar-refractivity contribution in [1.82, 2.24) is 15.6 Å². The first-order valence-electron chi connectivity index (χ1n) is 7.79. The fourth-order valence-electron chi connectivity index (χ4n) is 2.22. The van der Waals surface area contributed by atoms with Crippen molar-refractivity contribution in [3.63, 3.8) is 0 Å². The summed E-state index contributed by atoms with van der Waals surface area (Å²) in [4.78, 5) is 8.12. The Bertz CT molecular complexity index is 806. The maximum Gasteiger partial charge on any atom is 0.387 e. The highest BCUT2D eigenvalue weighted by Gasteiger charge is 2.15. The molecule has 0 saturated carbocycles. The van der Waals surface area contributed by atoms with Crippen LogP contribution in [-0.2, 0) is 13.1 Å². The molecule has 0 aliphatic rings. The molecule has 0 spiro atoms. The van der Waals surface area contributed by atoms with Crippen molar-refractivity contribution < 1.29 is 18.3 Å². The van der Waals surface area contributed by atoms with Gasteiger partial charge in [-0.15, -0.1) is 0 Å². The topological polar surface area (TPSA) is 67.8 Å². The Morgan fingerprint density at radius 3 is 2.63 bits per heavy atom. The fraction of sp³-hybridized carbons (Fsp3) is 0.294. The maximum atomic E-state index is 12.6. The molecule has 10 heteroatoms. The van der Waals surface area contributed by atoms with Crippen LogP contribution in [0, 0.1) is 0 Å². The number of hydrogen-bond acceptors (Lipinski definition) is 4. The summed E-state index contributed by atoms with van der Waals surface area (Å²) in [6, 6.07) is 6.45. The van der Waals surface area contributed by atoms with E-state index in [1.807, 2.05) is 6.07 Å². The minimum atomic E-state index is -3.00. The van der Waals surface area contributed by atoms with E-state index in [1.54, 1.807) is 19.3 Å². The SMILES string of the molecule is CN=C(NCc1ccnc(OC)c1)NCc1cc(Cl)cc(Cl)c1OC(F)F. The second-order valence-corrected chi connectivity index (χ2v) is 6.08. The lowest BCUT2D eigenvalue weighted by molar-refractivity contribution is -0.0504. The Hall–Kier alpha value is -2.32. The number of aromatic nitrogens is 1. The Labute approximate surface area is 165 Å². The van der Waals surface area contributed by atoms with E-state index < -0.39 is 6.61 Å². The van der Waals surface area contributed by atoms with Crippen LogP contribution >= 0.6 is 23.2 Å². The molecule has 146 valence electrons. The molecular weight excluding hydrogens is 401 g/mol. The van der Waals surface area contributed by atoms with Crippen LogP contribution in [0.2, 0.25) is 10.0 Å². The molecule has 1 aromatic carbocycles. The highest BCUT2D eigenvalue weighted by atomic mass is 35.5. The van der Waals surface area contributed by atoms with Crippen LogP contribution < -0.4 is 20.1 Å². The fourth-order valence-corrected chi connectivity index (χ4v) is 2.80. The Morgan fingerprint density at radius 1 is 1.22 bits per heavy atom. The second kappa shape index (κ2) is 10.1. The molecule has 6 nitrogen and oxygen atoms in total. The molecule has 0 amide bonds. The quantitative estimate of drug-likeness (QED) is 0.527. The van der Waals surface area contributed by atoms with Gasteiger partial charge in [0.15, 0.2) is 5.96 Å². The second-order valence-electron chi connectivity index (χ2n) is 5.24. The number of methoxy groups -OCH3 is 1. The molecule has 2 rings (SSSR count). The monoisotopic (exact) mass is 418 g/mol. The van der Waals surface area contributed by atoms with Crippen molar-refractivity contribution in [2.45, 2.75) is 19.7 Å². The third-order valence-electron chi connectivity index (χ3n) is 3.43. The zero-order valence-corrected chi connectivity index (χ0v) is 16.1. The van der Waals surface area contributed by atoms with Crippen LogP contribution in [0.25, 0.3) is 0 Å². The van der Waals surface area contributed by atoms with Gasteiger partial charge in [0.25, 0.3) is 0 Å². The molecule has 1 aromatic heterocycles. The molecule has 1 heterocycles. The van der Waals surface area contributed by atoms with E-state index in [-0.39, 0.29) is 17.3 Å². The highest BCUT2D eigenvalue weighted by molar-refractivity contribution is 6.35. The first-order chi connectivity index (χ1) is 12.9. The molecule has 0 fully saturated rings. The normalized spacial score (nSPS) is 11.4. The third-order valence-corrected chi connectivity index (χ3v) is 3.93. The molecule has 0 bridgehead atoms. The van der Waals surface area contributed by atoms with Crippen LogP contribution in [-0.4, -0.2) is 31.7 Å². The van der Waals surface area contributed by atoms with Crippen LogP contribution in [0.1, 0.15) is 11.1 Å². The van der Waals surface area contributed by atoms with E-state index in [2.05, 4.69) is 25.3 Å². The summed E-state index contributed by atoms with van der Waals surface area (Å²) in [6.45, 7) is -2.42. The number of hydrogen-bond donors (Lipinski definition) is 2. The number of halogens is 4. The molecular formula is C17H18Cl2F2N4O2. The minimum Gasteiger partial charge on any atom is -0.481 e. The van der Waals surface area contributed by atoms with Gasteiger partial charge in [-0.25, -0.2) is 4.98 Å². The molecule has 0 radical (unpaired) electrons. The van der Waals surface area contributed by atoms with Crippen LogP contribution in [0.5, 0.6) is 11.6 Å². The zero-order chi connectivity index (χ0) is 19.8. The molecule has 2 aromatic rings. The Morgan fingerprint density at radius 2 is 1.96 bits per heavy atom. The summed E-state index contributed by atoms with van der Waals surface area (Å²) in [7, 11) is 3.12. The van der Waals surface area contributed by atoms with E-state index in [4.69, 9.17) is 27.9 Å². The highest BCUT2D eigenvalue weighted by Crippen LogP contribution is 2.33.